The Balaban J connectivity index is 2.28. The number of rotatable bonds is 7. The second-order valence-electron chi connectivity index (χ2n) is 5.62. The molecule has 2 rings (SSSR count). The van der Waals surface area contributed by atoms with Crippen molar-refractivity contribution in [2.24, 2.45) is 5.92 Å². The summed E-state index contributed by atoms with van der Waals surface area (Å²) >= 11 is 0. The highest BCUT2D eigenvalue weighted by Gasteiger charge is 2.25. The van der Waals surface area contributed by atoms with Crippen molar-refractivity contribution < 1.29 is 5.11 Å². The molecule has 0 radical (unpaired) electrons. The molecule has 0 saturated heterocycles. The molecule has 0 aromatic heterocycles. The van der Waals surface area contributed by atoms with Crippen LogP contribution in [0.3, 0.4) is 0 Å². The molecule has 112 valence electrons. The van der Waals surface area contributed by atoms with E-state index in [1.807, 2.05) is 0 Å². The summed E-state index contributed by atoms with van der Waals surface area (Å²) in [5.41, 5.74) is 2.68. The predicted molar refractivity (Wildman–Crippen MR) is 88.4 cm³/mol. The van der Waals surface area contributed by atoms with E-state index in [-0.39, 0.29) is 6.61 Å². The Morgan fingerprint density at radius 2 is 1.33 bits per heavy atom. The van der Waals surface area contributed by atoms with E-state index in [2.05, 4.69) is 79.8 Å². The lowest BCUT2D eigenvalue weighted by Crippen LogP contribution is -2.37. The topological polar surface area (TPSA) is 32.3 Å². The molecule has 0 aliphatic heterocycles. The van der Waals surface area contributed by atoms with E-state index in [1.165, 1.54) is 11.1 Å². The van der Waals surface area contributed by atoms with Gasteiger partial charge in [0.25, 0.3) is 0 Å². The van der Waals surface area contributed by atoms with E-state index < -0.39 is 0 Å². The Morgan fingerprint density at radius 3 is 1.76 bits per heavy atom. The molecule has 2 nitrogen and oxygen atoms in total. The molecule has 2 N–H and O–H groups in total. The van der Waals surface area contributed by atoms with Crippen LogP contribution in [0.25, 0.3) is 0 Å². The van der Waals surface area contributed by atoms with Crippen LogP contribution in [0.15, 0.2) is 60.7 Å². The number of aliphatic hydroxyl groups is 1. The Morgan fingerprint density at radius 1 is 0.857 bits per heavy atom. The van der Waals surface area contributed by atoms with Gasteiger partial charge in [-0.15, -0.1) is 0 Å². The van der Waals surface area contributed by atoms with Crippen molar-refractivity contribution in [2.45, 2.75) is 25.8 Å². The van der Waals surface area contributed by atoms with Gasteiger partial charge in [0.1, 0.15) is 0 Å². The van der Waals surface area contributed by atoms with Gasteiger partial charge in [0, 0.05) is 18.5 Å². The normalized spacial score (nSPS) is 14.1. The molecular weight excluding hydrogens is 258 g/mol. The Bertz CT molecular complexity index is 472. The lowest BCUT2D eigenvalue weighted by atomic mass is 9.78. The summed E-state index contributed by atoms with van der Waals surface area (Å²) in [6.07, 6.45) is 0. The van der Waals surface area contributed by atoms with E-state index in [1.54, 1.807) is 0 Å². The number of nitrogens with one attached hydrogen (secondary N) is 1. The average molecular weight is 283 g/mol. The fourth-order valence-corrected chi connectivity index (χ4v) is 2.89. The molecule has 0 fully saturated rings. The van der Waals surface area contributed by atoms with Gasteiger partial charge in [-0.25, -0.2) is 0 Å². The molecule has 2 heteroatoms. The van der Waals surface area contributed by atoms with Crippen LogP contribution in [0.5, 0.6) is 0 Å². The van der Waals surface area contributed by atoms with Gasteiger partial charge in [-0.2, -0.15) is 0 Å². The number of hydrogen-bond donors (Lipinski definition) is 2. The van der Waals surface area contributed by atoms with Crippen LogP contribution in [0.4, 0.5) is 0 Å². The zero-order valence-electron chi connectivity index (χ0n) is 12.9. The molecule has 0 amide bonds. The van der Waals surface area contributed by atoms with Gasteiger partial charge in [-0.1, -0.05) is 67.6 Å². The molecule has 2 aromatic carbocycles. The third kappa shape index (κ3) is 4.16. The lowest BCUT2D eigenvalue weighted by molar-refractivity contribution is 0.270. The van der Waals surface area contributed by atoms with Crippen LogP contribution in [-0.2, 0) is 0 Å². The van der Waals surface area contributed by atoms with Gasteiger partial charge in [-0.05, 0) is 24.0 Å². The van der Waals surface area contributed by atoms with Gasteiger partial charge in [0.2, 0.25) is 0 Å². The molecule has 0 aliphatic rings. The Kier molecular flexibility index (Phi) is 5.97. The quantitative estimate of drug-likeness (QED) is 0.816. The molecule has 2 aromatic rings. The predicted octanol–water partition coefficient (Wildman–Crippen LogP) is 3.43. The fraction of sp³-hybridized carbons (Fsp3) is 0.368. The van der Waals surface area contributed by atoms with Gasteiger partial charge in [0.05, 0.1) is 6.61 Å². The molecule has 0 bridgehead atoms. The maximum Gasteiger partial charge on any atom is 0.0556 e. The van der Waals surface area contributed by atoms with Crippen LogP contribution in [0.1, 0.15) is 30.9 Å². The second kappa shape index (κ2) is 7.96. The van der Waals surface area contributed by atoms with Gasteiger partial charge >= 0.3 is 0 Å². The first-order valence-corrected chi connectivity index (χ1v) is 7.68. The number of benzene rings is 2. The van der Waals surface area contributed by atoms with Gasteiger partial charge < -0.3 is 10.4 Å². The highest BCUT2D eigenvalue weighted by Crippen LogP contribution is 2.33. The van der Waals surface area contributed by atoms with Crippen molar-refractivity contribution in [3.8, 4) is 0 Å². The van der Waals surface area contributed by atoms with Crippen LogP contribution in [0, 0.1) is 5.92 Å². The van der Waals surface area contributed by atoms with Crippen molar-refractivity contribution >= 4 is 0 Å². The van der Waals surface area contributed by atoms with Crippen molar-refractivity contribution in [1.29, 1.82) is 0 Å². The van der Waals surface area contributed by atoms with E-state index in [0.29, 0.717) is 24.4 Å². The Hall–Kier alpha value is -1.64. The molecule has 2 unspecified atom stereocenters. The summed E-state index contributed by atoms with van der Waals surface area (Å²) in [4.78, 5) is 0. The average Bonchev–Trinajstić information content (AvgIpc) is 2.54. The molecule has 2 atom stereocenters. The lowest BCUT2D eigenvalue weighted by Gasteiger charge is -2.30. The van der Waals surface area contributed by atoms with Crippen molar-refractivity contribution in [2.75, 3.05) is 13.2 Å². The van der Waals surface area contributed by atoms with Crippen LogP contribution >= 0.6 is 0 Å². The standard InChI is InChI=1S/C19H25NO/c1-15(16(2)20-13-14-21)19(17-9-5-3-6-10-17)18-11-7-4-8-12-18/h3-12,15-16,19-21H,13-14H2,1-2H3. The van der Waals surface area contributed by atoms with Gasteiger partial charge in [0.15, 0.2) is 0 Å². The minimum absolute atomic E-state index is 0.179. The molecular formula is C19H25NO. The highest BCUT2D eigenvalue weighted by atomic mass is 16.3. The maximum atomic E-state index is 9.01. The largest absolute Gasteiger partial charge is 0.395 e. The van der Waals surface area contributed by atoms with Crippen LogP contribution in [0.2, 0.25) is 0 Å². The molecule has 0 aliphatic carbocycles. The monoisotopic (exact) mass is 283 g/mol. The first-order chi connectivity index (χ1) is 10.2. The molecule has 0 spiro atoms. The van der Waals surface area contributed by atoms with Crippen LogP contribution in [-0.4, -0.2) is 24.3 Å². The fourth-order valence-electron chi connectivity index (χ4n) is 2.89. The van der Waals surface area contributed by atoms with Crippen molar-refractivity contribution in [3.63, 3.8) is 0 Å². The van der Waals surface area contributed by atoms with E-state index >= 15 is 0 Å². The number of aliphatic hydroxyl groups excluding tert-OH is 1. The summed E-state index contributed by atoms with van der Waals surface area (Å²) in [5, 5.41) is 12.4. The third-order valence-corrected chi connectivity index (χ3v) is 4.21. The second-order valence-corrected chi connectivity index (χ2v) is 5.62. The first-order valence-electron chi connectivity index (χ1n) is 7.68. The zero-order chi connectivity index (χ0) is 15.1. The van der Waals surface area contributed by atoms with Crippen LogP contribution < -0.4 is 5.32 Å². The summed E-state index contributed by atoms with van der Waals surface area (Å²) in [7, 11) is 0. The number of hydrogen-bond acceptors (Lipinski definition) is 2. The first kappa shape index (κ1) is 15.7. The smallest absolute Gasteiger partial charge is 0.0556 e. The Labute approximate surface area is 127 Å². The van der Waals surface area contributed by atoms with E-state index in [4.69, 9.17) is 5.11 Å². The summed E-state index contributed by atoms with van der Waals surface area (Å²) in [6.45, 7) is 5.29. The van der Waals surface area contributed by atoms with Crippen molar-refractivity contribution in [1.82, 2.24) is 5.32 Å². The summed E-state index contributed by atoms with van der Waals surface area (Å²) in [6, 6.07) is 21.7. The molecule has 21 heavy (non-hydrogen) atoms. The molecule has 0 heterocycles. The minimum atomic E-state index is 0.179. The van der Waals surface area contributed by atoms with E-state index in [9.17, 15) is 0 Å². The SMILES string of the molecule is CC(NCCO)C(C)C(c1ccccc1)c1ccccc1. The van der Waals surface area contributed by atoms with Crippen molar-refractivity contribution in [3.05, 3.63) is 71.8 Å². The summed E-state index contributed by atoms with van der Waals surface area (Å²) < 4.78 is 0. The molecule has 0 saturated carbocycles. The maximum absolute atomic E-state index is 9.01. The summed E-state index contributed by atoms with van der Waals surface area (Å²) in [5.74, 6) is 0.787. The van der Waals surface area contributed by atoms with E-state index in [0.717, 1.165) is 0 Å². The minimum Gasteiger partial charge on any atom is -0.395 e. The zero-order valence-corrected chi connectivity index (χ0v) is 12.9. The third-order valence-electron chi connectivity index (χ3n) is 4.21. The van der Waals surface area contributed by atoms with Gasteiger partial charge in [-0.3, -0.25) is 0 Å². The highest BCUT2D eigenvalue weighted by molar-refractivity contribution is 5.33.